The van der Waals surface area contributed by atoms with Gasteiger partial charge in [-0.05, 0) is 49.4 Å². The fraction of sp³-hybridized carbons (Fsp3) is 1.00. The second-order valence-corrected chi connectivity index (χ2v) is 5.51. The molecule has 0 aromatic rings. The molecule has 2 rings (SSSR count). The zero-order valence-corrected chi connectivity index (χ0v) is 8.55. The van der Waals surface area contributed by atoms with E-state index in [1.54, 1.807) is 32.1 Å². The third-order valence-corrected chi connectivity index (χ3v) is 3.79. The standard InChI is InChI=1S/C12H22/c1-9(2)5-12-7-10-3-4-11(6-10)8-12/h9-12H,3-8H2,1-2H3/t10-,11?,12?/m1/s1. The van der Waals surface area contributed by atoms with E-state index in [2.05, 4.69) is 13.8 Å². The van der Waals surface area contributed by atoms with Gasteiger partial charge in [-0.25, -0.2) is 0 Å². The first-order valence-corrected chi connectivity index (χ1v) is 5.74. The summed E-state index contributed by atoms with van der Waals surface area (Å²) in [6, 6.07) is 0. The van der Waals surface area contributed by atoms with Crippen LogP contribution in [0.4, 0.5) is 0 Å². The van der Waals surface area contributed by atoms with Crippen molar-refractivity contribution in [2.75, 3.05) is 0 Å². The smallest absolute Gasteiger partial charge is 0.0407 e. The average molecular weight is 166 g/mol. The highest BCUT2D eigenvalue weighted by molar-refractivity contribution is 4.85. The lowest BCUT2D eigenvalue weighted by Gasteiger charge is -2.28. The minimum absolute atomic E-state index is 0.924. The molecule has 0 radical (unpaired) electrons. The van der Waals surface area contributed by atoms with Gasteiger partial charge in [-0.1, -0.05) is 26.7 Å². The van der Waals surface area contributed by atoms with Crippen molar-refractivity contribution in [2.24, 2.45) is 23.7 Å². The van der Waals surface area contributed by atoms with Crippen molar-refractivity contribution >= 4 is 0 Å². The van der Waals surface area contributed by atoms with E-state index in [0.29, 0.717) is 0 Å². The summed E-state index contributed by atoms with van der Waals surface area (Å²) in [5, 5.41) is 0. The van der Waals surface area contributed by atoms with Crippen LogP contribution in [0.15, 0.2) is 0 Å². The van der Waals surface area contributed by atoms with Gasteiger partial charge in [0, 0.05) is 0 Å². The van der Waals surface area contributed by atoms with E-state index >= 15 is 0 Å². The highest BCUT2D eigenvalue weighted by Gasteiger charge is 2.33. The summed E-state index contributed by atoms with van der Waals surface area (Å²) in [6.07, 6.45) is 9.31. The molecule has 2 saturated carbocycles. The average Bonchev–Trinajstić information content (AvgIpc) is 2.29. The van der Waals surface area contributed by atoms with Crippen molar-refractivity contribution in [1.29, 1.82) is 0 Å². The normalized spacial score (nSPS) is 40.8. The predicted molar refractivity (Wildman–Crippen MR) is 53.0 cm³/mol. The van der Waals surface area contributed by atoms with E-state index < -0.39 is 0 Å². The number of fused-ring (bicyclic) bond motifs is 2. The Morgan fingerprint density at radius 1 is 1.00 bits per heavy atom. The molecular formula is C12H22. The summed E-state index contributed by atoms with van der Waals surface area (Å²) < 4.78 is 0. The third-order valence-electron chi connectivity index (χ3n) is 3.79. The van der Waals surface area contributed by atoms with E-state index in [1.165, 1.54) is 6.42 Å². The molecule has 70 valence electrons. The molecule has 2 bridgehead atoms. The molecule has 0 heterocycles. The van der Waals surface area contributed by atoms with E-state index in [-0.39, 0.29) is 0 Å². The Kier molecular flexibility index (Phi) is 2.43. The number of hydrogen-bond acceptors (Lipinski definition) is 0. The molecule has 0 nitrogen and oxygen atoms in total. The predicted octanol–water partition coefficient (Wildman–Crippen LogP) is 3.86. The van der Waals surface area contributed by atoms with Crippen LogP contribution in [0, 0.1) is 23.7 Å². The van der Waals surface area contributed by atoms with Crippen molar-refractivity contribution in [3.8, 4) is 0 Å². The molecule has 2 unspecified atom stereocenters. The first-order chi connectivity index (χ1) is 5.74. The molecule has 0 N–H and O–H groups in total. The Morgan fingerprint density at radius 2 is 1.58 bits per heavy atom. The zero-order chi connectivity index (χ0) is 8.55. The maximum atomic E-state index is 2.37. The van der Waals surface area contributed by atoms with Crippen LogP contribution in [0.3, 0.4) is 0 Å². The fourth-order valence-electron chi connectivity index (χ4n) is 3.50. The van der Waals surface area contributed by atoms with Gasteiger partial charge >= 0.3 is 0 Å². The Hall–Kier alpha value is 0. The minimum Gasteiger partial charge on any atom is -0.0628 e. The van der Waals surface area contributed by atoms with E-state index in [0.717, 1.165) is 23.7 Å². The van der Waals surface area contributed by atoms with Gasteiger partial charge < -0.3 is 0 Å². The maximum absolute atomic E-state index is 2.37. The Bertz CT molecular complexity index is 136. The lowest BCUT2D eigenvalue weighted by molar-refractivity contribution is 0.230. The van der Waals surface area contributed by atoms with Gasteiger partial charge in [0.1, 0.15) is 0 Å². The van der Waals surface area contributed by atoms with Gasteiger partial charge in [0.05, 0.1) is 0 Å². The highest BCUT2D eigenvalue weighted by Crippen LogP contribution is 2.46. The molecule has 0 aromatic heterocycles. The van der Waals surface area contributed by atoms with Crippen LogP contribution in [0.1, 0.15) is 52.4 Å². The van der Waals surface area contributed by atoms with Crippen molar-refractivity contribution in [1.82, 2.24) is 0 Å². The van der Waals surface area contributed by atoms with Crippen LogP contribution in [0.25, 0.3) is 0 Å². The van der Waals surface area contributed by atoms with Gasteiger partial charge in [-0.2, -0.15) is 0 Å². The summed E-state index contributed by atoms with van der Waals surface area (Å²) >= 11 is 0. The van der Waals surface area contributed by atoms with Crippen molar-refractivity contribution in [3.05, 3.63) is 0 Å². The van der Waals surface area contributed by atoms with Crippen LogP contribution in [-0.2, 0) is 0 Å². The first-order valence-electron chi connectivity index (χ1n) is 5.74. The molecule has 0 amide bonds. The van der Waals surface area contributed by atoms with E-state index in [9.17, 15) is 0 Å². The molecule has 0 saturated heterocycles. The first kappa shape index (κ1) is 8.59. The van der Waals surface area contributed by atoms with E-state index in [4.69, 9.17) is 0 Å². The van der Waals surface area contributed by atoms with Gasteiger partial charge in [0.2, 0.25) is 0 Å². The Balaban J connectivity index is 1.85. The lowest BCUT2D eigenvalue weighted by atomic mass is 9.77. The molecule has 2 fully saturated rings. The summed E-state index contributed by atoms with van der Waals surface area (Å²) in [4.78, 5) is 0. The monoisotopic (exact) mass is 166 g/mol. The SMILES string of the molecule is CC(C)CC1CC2CC[C@H](C2)C1. The topological polar surface area (TPSA) is 0 Å². The van der Waals surface area contributed by atoms with Crippen molar-refractivity contribution in [3.63, 3.8) is 0 Å². The molecule has 0 heteroatoms. The second kappa shape index (κ2) is 3.40. The summed E-state index contributed by atoms with van der Waals surface area (Å²) in [5.74, 6) is 4.28. The molecule has 0 spiro atoms. The van der Waals surface area contributed by atoms with Crippen molar-refractivity contribution in [2.45, 2.75) is 52.4 Å². The minimum atomic E-state index is 0.924. The van der Waals surface area contributed by atoms with Crippen LogP contribution < -0.4 is 0 Å². The zero-order valence-electron chi connectivity index (χ0n) is 8.55. The maximum Gasteiger partial charge on any atom is -0.0407 e. The molecule has 2 aliphatic rings. The summed E-state index contributed by atoms with van der Waals surface area (Å²) in [6.45, 7) is 4.74. The Morgan fingerprint density at radius 3 is 2.08 bits per heavy atom. The summed E-state index contributed by atoms with van der Waals surface area (Å²) in [5.41, 5.74) is 0. The second-order valence-electron chi connectivity index (χ2n) is 5.51. The summed E-state index contributed by atoms with van der Waals surface area (Å²) in [7, 11) is 0. The van der Waals surface area contributed by atoms with Gasteiger partial charge in [-0.3, -0.25) is 0 Å². The van der Waals surface area contributed by atoms with Crippen molar-refractivity contribution < 1.29 is 0 Å². The lowest BCUT2D eigenvalue weighted by Crippen LogP contribution is -2.17. The number of rotatable bonds is 2. The molecular weight excluding hydrogens is 144 g/mol. The van der Waals surface area contributed by atoms with E-state index in [1.807, 2.05) is 0 Å². The highest BCUT2D eigenvalue weighted by atomic mass is 14.4. The van der Waals surface area contributed by atoms with Crippen LogP contribution in [0.2, 0.25) is 0 Å². The third kappa shape index (κ3) is 1.84. The Labute approximate surface area is 76.7 Å². The van der Waals surface area contributed by atoms with Gasteiger partial charge in [0.25, 0.3) is 0 Å². The molecule has 3 atom stereocenters. The van der Waals surface area contributed by atoms with Crippen LogP contribution in [0.5, 0.6) is 0 Å². The van der Waals surface area contributed by atoms with Crippen LogP contribution in [-0.4, -0.2) is 0 Å². The number of hydrogen-bond donors (Lipinski definition) is 0. The quantitative estimate of drug-likeness (QED) is 0.584. The largest absolute Gasteiger partial charge is 0.0628 e. The molecule has 2 aliphatic carbocycles. The van der Waals surface area contributed by atoms with Gasteiger partial charge in [0.15, 0.2) is 0 Å². The molecule has 12 heavy (non-hydrogen) atoms. The molecule has 0 aromatic carbocycles. The van der Waals surface area contributed by atoms with Gasteiger partial charge in [-0.15, -0.1) is 0 Å². The van der Waals surface area contributed by atoms with Crippen LogP contribution >= 0.6 is 0 Å². The molecule has 0 aliphatic heterocycles. The fourth-order valence-corrected chi connectivity index (χ4v) is 3.50.